The summed E-state index contributed by atoms with van der Waals surface area (Å²) in [5.41, 5.74) is 1.30. The third-order valence-electron chi connectivity index (χ3n) is 6.31. The number of nitrogens with one attached hydrogen (secondary N) is 2. The molecule has 210 valence electrons. The summed E-state index contributed by atoms with van der Waals surface area (Å²) in [6.45, 7) is 3.13. The number of hydrogen-bond acceptors (Lipinski definition) is 8. The van der Waals surface area contributed by atoms with Gasteiger partial charge in [0.1, 0.15) is 0 Å². The minimum Gasteiger partial charge on any atom is -0.378 e. The number of ketones is 1. The molecule has 1 aliphatic heterocycles. The lowest BCUT2D eigenvalue weighted by molar-refractivity contribution is -0.141. The first kappa shape index (κ1) is 29.9. The fraction of sp³-hybridized carbons (Fsp3) is 0.444. The van der Waals surface area contributed by atoms with E-state index in [1.54, 1.807) is 61.8 Å². The second-order valence-corrected chi connectivity index (χ2v) is 11.4. The monoisotopic (exact) mass is 558 g/mol. The Labute approximate surface area is 228 Å². The summed E-state index contributed by atoms with van der Waals surface area (Å²) >= 11 is 0. The number of rotatable bonds is 13. The number of hydrogen-bond donors (Lipinski definition) is 2. The number of pyridine rings is 1. The number of sulfone groups is 1. The highest BCUT2D eigenvalue weighted by Gasteiger charge is 2.33. The highest BCUT2D eigenvalue weighted by molar-refractivity contribution is 7.90. The molecular weight excluding hydrogens is 524 g/mol. The molecule has 1 fully saturated rings. The third-order valence-corrected chi connectivity index (χ3v) is 7.99. The molecule has 3 amide bonds. The zero-order valence-electron chi connectivity index (χ0n) is 21.9. The molecule has 12 heteroatoms. The molecule has 1 aromatic carbocycles. The molecule has 11 nitrogen and oxygen atoms in total. The normalized spacial score (nSPS) is 15.2. The van der Waals surface area contributed by atoms with Crippen LogP contribution in [0.4, 0.5) is 0 Å². The van der Waals surface area contributed by atoms with Crippen LogP contribution in [0.1, 0.15) is 30.9 Å². The fourth-order valence-electron chi connectivity index (χ4n) is 4.14. The van der Waals surface area contributed by atoms with Crippen LogP contribution in [0.25, 0.3) is 0 Å². The van der Waals surface area contributed by atoms with Crippen LogP contribution < -0.4 is 10.6 Å². The lowest BCUT2D eigenvalue weighted by Crippen LogP contribution is -2.50. The summed E-state index contributed by atoms with van der Waals surface area (Å²) in [5.74, 6) is -4.99. The van der Waals surface area contributed by atoms with Gasteiger partial charge in [0.15, 0.2) is 9.84 Å². The molecule has 2 N–H and O–H groups in total. The molecular formula is C27H34N4O7S. The van der Waals surface area contributed by atoms with Crippen molar-refractivity contribution < 1.29 is 32.3 Å². The second kappa shape index (κ2) is 14.5. The summed E-state index contributed by atoms with van der Waals surface area (Å²) in [5, 5.41) is 5.04. The summed E-state index contributed by atoms with van der Waals surface area (Å²) in [6.07, 6.45) is 2.87. The molecule has 2 heterocycles. The Bertz CT molecular complexity index is 1230. The average molecular weight is 559 g/mol. The van der Waals surface area contributed by atoms with Crippen molar-refractivity contribution in [3.05, 3.63) is 66.0 Å². The molecule has 0 radical (unpaired) electrons. The Morgan fingerprint density at radius 2 is 1.67 bits per heavy atom. The molecule has 3 rings (SSSR count). The number of morpholine rings is 1. The van der Waals surface area contributed by atoms with Crippen molar-refractivity contribution in [3.63, 3.8) is 0 Å². The Kier molecular flexibility index (Phi) is 11.1. The van der Waals surface area contributed by atoms with Gasteiger partial charge in [-0.1, -0.05) is 37.3 Å². The highest BCUT2D eigenvalue weighted by Crippen LogP contribution is 2.16. The van der Waals surface area contributed by atoms with Crippen LogP contribution in [0.5, 0.6) is 0 Å². The highest BCUT2D eigenvalue weighted by atomic mass is 32.2. The van der Waals surface area contributed by atoms with Crippen molar-refractivity contribution in [2.45, 2.75) is 38.1 Å². The average Bonchev–Trinajstić information content (AvgIpc) is 2.94. The topological polar surface area (TPSA) is 152 Å². The van der Waals surface area contributed by atoms with Crippen molar-refractivity contribution in [3.8, 4) is 0 Å². The minimum atomic E-state index is -3.80. The number of carbonyl (C=O) groups is 4. The summed E-state index contributed by atoms with van der Waals surface area (Å²) in [6, 6.07) is 10.7. The van der Waals surface area contributed by atoms with E-state index in [0.29, 0.717) is 31.9 Å². The first-order valence-corrected chi connectivity index (χ1v) is 14.6. The Hall–Kier alpha value is -3.64. The quantitative estimate of drug-likeness (QED) is 0.340. The Morgan fingerprint density at radius 1 is 1.00 bits per heavy atom. The third kappa shape index (κ3) is 9.56. The SMILES string of the molecule is CC[C@H](NC(=O)C(CC(=O)N1CCOCC1)CS(=O)(=O)Cc1ccccc1)C(=O)C(=O)NCc1ccncc1. The molecule has 1 saturated heterocycles. The molecule has 1 aromatic heterocycles. The van der Waals surface area contributed by atoms with E-state index in [1.165, 1.54) is 4.90 Å². The van der Waals surface area contributed by atoms with E-state index >= 15 is 0 Å². The van der Waals surface area contributed by atoms with Crippen LogP contribution >= 0.6 is 0 Å². The number of carbonyl (C=O) groups excluding carboxylic acids is 4. The number of Topliss-reactive ketones (excluding diaryl/α,β-unsaturated/α-hetero) is 1. The first-order chi connectivity index (χ1) is 18.7. The van der Waals surface area contributed by atoms with Crippen LogP contribution in [0.3, 0.4) is 0 Å². The van der Waals surface area contributed by atoms with Crippen molar-refractivity contribution >= 4 is 33.3 Å². The van der Waals surface area contributed by atoms with E-state index < -0.39 is 45.1 Å². The van der Waals surface area contributed by atoms with Crippen molar-refractivity contribution in [1.29, 1.82) is 0 Å². The summed E-state index contributed by atoms with van der Waals surface area (Å²) in [4.78, 5) is 57.0. The van der Waals surface area contributed by atoms with Gasteiger partial charge in [-0.2, -0.15) is 0 Å². The predicted octanol–water partition coefficient (Wildman–Crippen LogP) is 0.642. The Morgan fingerprint density at radius 3 is 2.31 bits per heavy atom. The lowest BCUT2D eigenvalue weighted by atomic mass is 10.0. The van der Waals surface area contributed by atoms with Gasteiger partial charge in [-0.05, 0) is 29.7 Å². The molecule has 0 aliphatic carbocycles. The molecule has 2 atom stereocenters. The van der Waals surface area contributed by atoms with Crippen LogP contribution in [-0.2, 0) is 46.0 Å². The first-order valence-electron chi connectivity index (χ1n) is 12.8. The number of aromatic nitrogens is 1. The van der Waals surface area contributed by atoms with Crippen molar-refractivity contribution in [2.75, 3.05) is 32.1 Å². The van der Waals surface area contributed by atoms with Crippen LogP contribution in [0.15, 0.2) is 54.9 Å². The van der Waals surface area contributed by atoms with Gasteiger partial charge in [-0.3, -0.25) is 24.2 Å². The van der Waals surface area contributed by atoms with Crippen molar-refractivity contribution in [2.24, 2.45) is 5.92 Å². The van der Waals surface area contributed by atoms with Gasteiger partial charge in [-0.15, -0.1) is 0 Å². The second-order valence-electron chi connectivity index (χ2n) is 9.31. The van der Waals surface area contributed by atoms with Gasteiger partial charge in [0.25, 0.3) is 5.91 Å². The summed E-state index contributed by atoms with van der Waals surface area (Å²) in [7, 11) is -3.80. The zero-order chi connectivity index (χ0) is 28.3. The van der Waals surface area contributed by atoms with E-state index in [4.69, 9.17) is 4.74 Å². The van der Waals surface area contributed by atoms with Gasteiger partial charge in [0.2, 0.25) is 17.6 Å². The van der Waals surface area contributed by atoms with E-state index in [1.807, 2.05) is 0 Å². The van der Waals surface area contributed by atoms with Crippen LogP contribution in [-0.4, -0.2) is 79.9 Å². The van der Waals surface area contributed by atoms with E-state index in [-0.39, 0.29) is 31.0 Å². The fourth-order valence-corrected chi connectivity index (χ4v) is 5.84. The van der Waals surface area contributed by atoms with Gasteiger partial charge >= 0.3 is 0 Å². The molecule has 0 spiro atoms. The molecule has 0 saturated carbocycles. The molecule has 0 bridgehead atoms. The van der Waals surface area contributed by atoms with Gasteiger partial charge in [-0.25, -0.2) is 8.42 Å². The van der Waals surface area contributed by atoms with E-state index in [2.05, 4.69) is 15.6 Å². The van der Waals surface area contributed by atoms with Gasteiger partial charge in [0, 0.05) is 38.4 Å². The number of nitrogens with zero attached hydrogens (tertiary/aromatic N) is 2. The standard InChI is InChI=1S/C27H34N4O7S/c1-2-23(25(33)27(35)29-17-20-8-10-28-11-9-20)30-26(34)22(16-24(32)31-12-14-38-15-13-31)19-39(36,37)18-21-6-4-3-5-7-21/h3-11,22-23H,2,12-19H2,1H3,(H,29,35)(H,30,34)/t22?,23-/m0/s1. The van der Waals surface area contributed by atoms with Crippen LogP contribution in [0.2, 0.25) is 0 Å². The van der Waals surface area contributed by atoms with Crippen molar-refractivity contribution in [1.82, 2.24) is 20.5 Å². The van der Waals surface area contributed by atoms with E-state index in [0.717, 1.165) is 5.56 Å². The largest absolute Gasteiger partial charge is 0.378 e. The zero-order valence-corrected chi connectivity index (χ0v) is 22.7. The maximum Gasteiger partial charge on any atom is 0.289 e. The molecule has 2 aromatic rings. The minimum absolute atomic E-state index is 0.103. The Balaban J connectivity index is 1.70. The molecule has 39 heavy (non-hydrogen) atoms. The molecule has 1 aliphatic rings. The predicted molar refractivity (Wildman–Crippen MR) is 143 cm³/mol. The number of benzene rings is 1. The molecule has 1 unspecified atom stereocenters. The summed E-state index contributed by atoms with van der Waals surface area (Å²) < 4.78 is 31.3. The lowest BCUT2D eigenvalue weighted by Gasteiger charge is -2.28. The maximum absolute atomic E-state index is 13.3. The number of ether oxygens (including phenoxy) is 1. The maximum atomic E-state index is 13.3. The number of amides is 3. The van der Waals surface area contributed by atoms with Gasteiger partial charge in [0.05, 0.1) is 36.7 Å². The smallest absolute Gasteiger partial charge is 0.289 e. The van der Waals surface area contributed by atoms with Crippen LogP contribution in [0, 0.1) is 5.92 Å². The van der Waals surface area contributed by atoms with E-state index in [9.17, 15) is 27.6 Å². The van der Waals surface area contributed by atoms with Gasteiger partial charge < -0.3 is 20.3 Å².